The zero-order valence-corrected chi connectivity index (χ0v) is 13.1. The maximum Gasteiger partial charge on any atom is 0.416 e. The van der Waals surface area contributed by atoms with Gasteiger partial charge in [-0.2, -0.15) is 13.2 Å². The van der Waals surface area contributed by atoms with Crippen LogP contribution in [0.2, 0.25) is 0 Å². The number of carbonyl (C=O) groups is 1. The number of thiocarbonyl (C=S) groups is 1. The van der Waals surface area contributed by atoms with Gasteiger partial charge in [-0.25, -0.2) is 0 Å². The first-order chi connectivity index (χ1) is 10.9. The minimum Gasteiger partial charge on any atom is -0.362 e. The van der Waals surface area contributed by atoms with Crippen LogP contribution in [0.1, 0.15) is 11.3 Å². The van der Waals surface area contributed by atoms with E-state index >= 15 is 0 Å². The molecular weight excluding hydrogens is 345 g/mol. The van der Waals surface area contributed by atoms with Crippen molar-refractivity contribution in [3.63, 3.8) is 0 Å². The number of carbonyl (C=O) groups excluding carboxylic acids is 1. The number of aromatic amines is 1. The molecule has 2 heterocycles. The highest BCUT2D eigenvalue weighted by Crippen LogP contribution is 2.38. The molecule has 0 radical (unpaired) electrons. The van der Waals surface area contributed by atoms with Gasteiger partial charge in [-0.05, 0) is 36.4 Å². The van der Waals surface area contributed by atoms with Crippen molar-refractivity contribution in [1.29, 1.82) is 0 Å². The maximum absolute atomic E-state index is 12.8. The van der Waals surface area contributed by atoms with Crippen LogP contribution >= 0.6 is 24.0 Å². The number of benzene rings is 1. The molecule has 1 fully saturated rings. The zero-order chi connectivity index (χ0) is 16.6. The van der Waals surface area contributed by atoms with Gasteiger partial charge in [0, 0.05) is 11.9 Å². The molecule has 3 rings (SSSR count). The molecule has 1 aromatic heterocycles. The Labute approximate surface area is 139 Å². The fourth-order valence-electron chi connectivity index (χ4n) is 2.09. The summed E-state index contributed by atoms with van der Waals surface area (Å²) in [7, 11) is 0. The number of nitrogens with zero attached hydrogens (tertiary/aromatic N) is 1. The molecule has 1 amide bonds. The van der Waals surface area contributed by atoms with Crippen LogP contribution in [0.15, 0.2) is 47.5 Å². The second-order valence-corrected chi connectivity index (χ2v) is 6.37. The van der Waals surface area contributed by atoms with Gasteiger partial charge in [0.1, 0.15) is 0 Å². The third-order valence-corrected chi connectivity index (χ3v) is 4.44. The van der Waals surface area contributed by atoms with E-state index in [1.54, 1.807) is 24.4 Å². The molecule has 1 N–H and O–H groups in total. The van der Waals surface area contributed by atoms with Crippen LogP contribution < -0.4 is 4.90 Å². The van der Waals surface area contributed by atoms with Crippen LogP contribution in [0.4, 0.5) is 18.9 Å². The van der Waals surface area contributed by atoms with Gasteiger partial charge in [-0.15, -0.1) is 0 Å². The molecule has 1 saturated heterocycles. The van der Waals surface area contributed by atoms with Crippen molar-refractivity contribution >= 4 is 46.0 Å². The number of aromatic nitrogens is 1. The lowest BCUT2D eigenvalue weighted by Crippen LogP contribution is -2.27. The van der Waals surface area contributed by atoms with Crippen molar-refractivity contribution in [2.75, 3.05) is 4.90 Å². The SMILES string of the molecule is O=C1/C(=C/c2ccc[nH]2)SC(=S)N1c1cccc(C(F)(F)F)c1. The molecule has 2 aromatic rings. The molecule has 1 aromatic carbocycles. The first-order valence-electron chi connectivity index (χ1n) is 6.45. The van der Waals surface area contributed by atoms with E-state index in [0.717, 1.165) is 34.5 Å². The van der Waals surface area contributed by atoms with Crippen LogP contribution in [0.5, 0.6) is 0 Å². The summed E-state index contributed by atoms with van der Waals surface area (Å²) in [5.74, 6) is -0.436. The molecule has 0 atom stereocenters. The number of anilines is 1. The largest absolute Gasteiger partial charge is 0.416 e. The number of hydrogen-bond acceptors (Lipinski definition) is 3. The minimum atomic E-state index is -4.48. The van der Waals surface area contributed by atoms with E-state index in [0.29, 0.717) is 4.91 Å². The minimum absolute atomic E-state index is 0.109. The smallest absolute Gasteiger partial charge is 0.362 e. The second-order valence-electron chi connectivity index (χ2n) is 4.69. The van der Waals surface area contributed by atoms with Gasteiger partial charge in [-0.3, -0.25) is 9.69 Å². The lowest BCUT2D eigenvalue weighted by molar-refractivity contribution is -0.137. The van der Waals surface area contributed by atoms with Crippen LogP contribution in [-0.2, 0) is 11.0 Å². The highest BCUT2D eigenvalue weighted by atomic mass is 32.2. The Bertz CT molecular complexity index is 797. The second kappa shape index (κ2) is 5.86. The summed E-state index contributed by atoms with van der Waals surface area (Å²) in [5, 5.41) is 0. The van der Waals surface area contributed by atoms with Crippen molar-refractivity contribution in [3.05, 3.63) is 58.8 Å². The summed E-state index contributed by atoms with van der Waals surface area (Å²) < 4.78 is 38.7. The van der Waals surface area contributed by atoms with Crippen molar-refractivity contribution in [1.82, 2.24) is 4.98 Å². The van der Waals surface area contributed by atoms with Gasteiger partial charge in [0.25, 0.3) is 5.91 Å². The Morgan fingerprint density at radius 2 is 2.00 bits per heavy atom. The number of rotatable bonds is 2. The van der Waals surface area contributed by atoms with Crippen molar-refractivity contribution in [3.8, 4) is 0 Å². The third kappa shape index (κ3) is 3.18. The van der Waals surface area contributed by atoms with Gasteiger partial charge in [-0.1, -0.05) is 30.0 Å². The lowest BCUT2D eigenvalue weighted by atomic mass is 10.2. The first-order valence-corrected chi connectivity index (χ1v) is 7.67. The maximum atomic E-state index is 12.8. The number of alkyl halides is 3. The number of thioether (sulfide) groups is 1. The summed E-state index contributed by atoms with van der Waals surface area (Å²) >= 11 is 6.20. The molecule has 118 valence electrons. The lowest BCUT2D eigenvalue weighted by Gasteiger charge is -2.16. The number of amides is 1. The average Bonchev–Trinajstić information content (AvgIpc) is 3.08. The van der Waals surface area contributed by atoms with Gasteiger partial charge in [0.15, 0.2) is 4.32 Å². The highest BCUT2D eigenvalue weighted by Gasteiger charge is 2.36. The third-order valence-electron chi connectivity index (χ3n) is 3.13. The fraction of sp³-hybridized carbons (Fsp3) is 0.0667. The summed E-state index contributed by atoms with van der Waals surface area (Å²) in [4.78, 5) is 16.9. The molecule has 8 heteroatoms. The number of H-pyrrole nitrogens is 1. The van der Waals surface area contributed by atoms with Crippen molar-refractivity contribution in [2.24, 2.45) is 0 Å². The van der Waals surface area contributed by atoms with Crippen molar-refractivity contribution in [2.45, 2.75) is 6.18 Å². The van der Waals surface area contributed by atoms with Gasteiger partial charge in [0.05, 0.1) is 16.2 Å². The van der Waals surface area contributed by atoms with Crippen LogP contribution in [0.25, 0.3) is 6.08 Å². The van der Waals surface area contributed by atoms with E-state index in [2.05, 4.69) is 4.98 Å². The van der Waals surface area contributed by atoms with E-state index in [9.17, 15) is 18.0 Å². The zero-order valence-electron chi connectivity index (χ0n) is 11.4. The van der Waals surface area contributed by atoms with Crippen molar-refractivity contribution < 1.29 is 18.0 Å². The molecule has 23 heavy (non-hydrogen) atoms. The number of hydrogen-bond donors (Lipinski definition) is 1. The Hall–Kier alpha value is -2.06. The molecule has 3 nitrogen and oxygen atoms in total. The molecule has 1 aliphatic heterocycles. The predicted octanol–water partition coefficient (Wildman–Crippen LogP) is 4.44. The van der Waals surface area contributed by atoms with Gasteiger partial charge < -0.3 is 4.98 Å². The summed E-state index contributed by atoms with van der Waals surface area (Å²) in [5.41, 5.74) is 0.00384. The Balaban J connectivity index is 1.95. The van der Waals surface area contributed by atoms with E-state index in [-0.39, 0.29) is 10.0 Å². The van der Waals surface area contributed by atoms with Crippen LogP contribution in [0.3, 0.4) is 0 Å². The standard InChI is InChI=1S/C15H9F3N2OS2/c16-15(17,18)9-3-1-5-11(7-9)20-13(21)12(23-14(20)22)8-10-4-2-6-19-10/h1-8,19H/b12-8-. The fourth-order valence-corrected chi connectivity index (χ4v) is 3.38. The van der Waals surface area contributed by atoms with E-state index in [1.807, 2.05) is 0 Å². The summed E-state index contributed by atoms with van der Waals surface area (Å²) in [6.45, 7) is 0. The normalized spacial score (nSPS) is 17.3. The van der Waals surface area contributed by atoms with E-state index < -0.39 is 17.6 Å². The first kappa shape index (κ1) is 15.8. The van der Waals surface area contributed by atoms with Gasteiger partial charge in [0.2, 0.25) is 0 Å². The number of nitrogens with one attached hydrogen (secondary N) is 1. The van der Waals surface area contributed by atoms with E-state index in [4.69, 9.17) is 12.2 Å². The topological polar surface area (TPSA) is 36.1 Å². The Morgan fingerprint density at radius 1 is 1.22 bits per heavy atom. The predicted molar refractivity (Wildman–Crippen MR) is 87.9 cm³/mol. The molecule has 0 spiro atoms. The molecule has 0 aliphatic carbocycles. The Kier molecular flexibility index (Phi) is 4.03. The quantitative estimate of drug-likeness (QED) is 0.640. The monoisotopic (exact) mass is 354 g/mol. The number of halogens is 3. The molecule has 0 saturated carbocycles. The molecule has 1 aliphatic rings. The van der Waals surface area contributed by atoms with Gasteiger partial charge >= 0.3 is 6.18 Å². The average molecular weight is 354 g/mol. The molecule has 0 bridgehead atoms. The van der Waals surface area contributed by atoms with Crippen LogP contribution in [-0.4, -0.2) is 15.2 Å². The van der Waals surface area contributed by atoms with Crippen LogP contribution in [0, 0.1) is 0 Å². The molecule has 0 unspecified atom stereocenters. The summed E-state index contributed by atoms with van der Waals surface area (Å²) in [6.07, 6.45) is -1.15. The Morgan fingerprint density at radius 3 is 2.65 bits per heavy atom. The van der Waals surface area contributed by atoms with E-state index in [1.165, 1.54) is 12.1 Å². The highest BCUT2D eigenvalue weighted by molar-refractivity contribution is 8.27. The summed E-state index contributed by atoms with van der Waals surface area (Å²) in [6, 6.07) is 8.11. The molecular formula is C15H9F3N2OS2.